The standard InChI is InChI=1S/C24H22O2/c1-5-22(15-6-18(2)3)24(25)26-23-16-13-21(14-17-23)12-11-20-9-7-19(4)8-10-20/h5-10,13-17H,1H2,2-4H3/b22-15+. The number of carbonyl (C=O) groups excluding carboxylic acids is 1. The smallest absolute Gasteiger partial charge is 0.343 e. The number of esters is 1. The molecule has 2 heteroatoms. The van der Waals surface area contributed by atoms with E-state index in [9.17, 15) is 4.79 Å². The van der Waals surface area contributed by atoms with Crippen molar-refractivity contribution in [3.8, 4) is 17.6 Å². The van der Waals surface area contributed by atoms with Crippen molar-refractivity contribution < 1.29 is 9.53 Å². The van der Waals surface area contributed by atoms with Crippen molar-refractivity contribution in [1.29, 1.82) is 0 Å². The maximum atomic E-state index is 12.2. The summed E-state index contributed by atoms with van der Waals surface area (Å²) in [6, 6.07) is 15.2. The summed E-state index contributed by atoms with van der Waals surface area (Å²) < 4.78 is 5.37. The van der Waals surface area contributed by atoms with Gasteiger partial charge in [-0.2, -0.15) is 0 Å². The molecule has 0 fully saturated rings. The Morgan fingerprint density at radius 2 is 1.46 bits per heavy atom. The van der Waals surface area contributed by atoms with Crippen molar-refractivity contribution in [2.75, 3.05) is 0 Å². The molecule has 0 N–H and O–H groups in total. The number of allylic oxidation sites excluding steroid dienone is 3. The van der Waals surface area contributed by atoms with Gasteiger partial charge in [-0.25, -0.2) is 4.79 Å². The van der Waals surface area contributed by atoms with E-state index in [1.54, 1.807) is 18.2 Å². The van der Waals surface area contributed by atoms with E-state index in [0.29, 0.717) is 11.3 Å². The SMILES string of the molecule is C=C/C(=C\C=C(C)C)C(=O)Oc1ccc(C#Cc2ccc(C)cc2)cc1. The Hall–Kier alpha value is -3.31. The van der Waals surface area contributed by atoms with Gasteiger partial charge in [0.25, 0.3) is 0 Å². The number of aryl methyl sites for hydroxylation is 1. The van der Waals surface area contributed by atoms with Crippen LogP contribution >= 0.6 is 0 Å². The van der Waals surface area contributed by atoms with Gasteiger partial charge in [-0.05, 0) is 63.2 Å². The highest BCUT2D eigenvalue weighted by Crippen LogP contribution is 2.14. The molecular weight excluding hydrogens is 320 g/mol. The third-order valence-corrected chi connectivity index (χ3v) is 3.52. The van der Waals surface area contributed by atoms with Gasteiger partial charge >= 0.3 is 5.97 Å². The van der Waals surface area contributed by atoms with E-state index in [0.717, 1.165) is 16.7 Å². The molecule has 2 aromatic rings. The highest BCUT2D eigenvalue weighted by Gasteiger charge is 2.08. The highest BCUT2D eigenvalue weighted by atomic mass is 16.5. The fraction of sp³-hybridized carbons (Fsp3) is 0.125. The third kappa shape index (κ3) is 5.96. The van der Waals surface area contributed by atoms with Gasteiger partial charge in [0.1, 0.15) is 5.75 Å². The monoisotopic (exact) mass is 342 g/mol. The molecule has 2 rings (SSSR count). The number of benzene rings is 2. The molecule has 0 aliphatic heterocycles. The van der Waals surface area contributed by atoms with E-state index in [-0.39, 0.29) is 0 Å². The van der Waals surface area contributed by atoms with Crippen LogP contribution in [0.25, 0.3) is 0 Å². The zero-order valence-electron chi connectivity index (χ0n) is 15.4. The summed E-state index contributed by atoms with van der Waals surface area (Å²) in [6.07, 6.45) is 5.04. The van der Waals surface area contributed by atoms with Crippen LogP contribution < -0.4 is 4.74 Å². The van der Waals surface area contributed by atoms with Crippen LogP contribution in [0.3, 0.4) is 0 Å². The Morgan fingerprint density at radius 3 is 1.96 bits per heavy atom. The second-order valence-corrected chi connectivity index (χ2v) is 6.10. The van der Waals surface area contributed by atoms with Crippen molar-refractivity contribution in [3.05, 3.63) is 101 Å². The molecule has 0 aliphatic rings. The molecule has 0 heterocycles. The number of carbonyl (C=O) groups is 1. The van der Waals surface area contributed by atoms with Gasteiger partial charge in [-0.15, -0.1) is 0 Å². The first kappa shape index (κ1) is 19.0. The lowest BCUT2D eigenvalue weighted by molar-refractivity contribution is -0.129. The Kier molecular flexibility index (Phi) is 6.76. The maximum Gasteiger partial charge on any atom is 0.343 e. The van der Waals surface area contributed by atoms with Crippen LogP contribution in [-0.2, 0) is 4.79 Å². The minimum atomic E-state index is -0.434. The highest BCUT2D eigenvalue weighted by molar-refractivity contribution is 5.93. The average Bonchev–Trinajstić information content (AvgIpc) is 2.63. The molecule has 0 amide bonds. The molecule has 0 aromatic heterocycles. The summed E-state index contributed by atoms with van der Waals surface area (Å²) in [7, 11) is 0. The molecule has 2 aromatic carbocycles. The van der Waals surface area contributed by atoms with E-state index in [2.05, 4.69) is 18.4 Å². The molecule has 130 valence electrons. The number of rotatable bonds is 4. The summed E-state index contributed by atoms with van der Waals surface area (Å²) in [5.74, 6) is 6.26. The third-order valence-electron chi connectivity index (χ3n) is 3.52. The van der Waals surface area contributed by atoms with Crippen molar-refractivity contribution in [2.45, 2.75) is 20.8 Å². The van der Waals surface area contributed by atoms with Crippen LogP contribution in [0.1, 0.15) is 30.5 Å². The maximum absolute atomic E-state index is 12.2. The van der Waals surface area contributed by atoms with Crippen LogP contribution in [0.2, 0.25) is 0 Å². The molecule has 0 unspecified atom stereocenters. The molecule has 0 atom stereocenters. The Labute approximate surface area is 155 Å². The van der Waals surface area contributed by atoms with Crippen LogP contribution in [0.4, 0.5) is 0 Å². The van der Waals surface area contributed by atoms with Gasteiger partial charge in [-0.1, -0.05) is 53.8 Å². The lowest BCUT2D eigenvalue weighted by Crippen LogP contribution is -2.09. The van der Waals surface area contributed by atoms with Crippen LogP contribution in [0.15, 0.2) is 84.5 Å². The van der Waals surface area contributed by atoms with Crippen LogP contribution in [0, 0.1) is 18.8 Å². The molecule has 0 radical (unpaired) electrons. The Bertz CT molecular complexity index is 895. The largest absolute Gasteiger partial charge is 0.423 e. The van der Waals surface area contributed by atoms with E-state index in [4.69, 9.17) is 4.74 Å². The summed E-state index contributed by atoms with van der Waals surface area (Å²) >= 11 is 0. The normalized spacial score (nSPS) is 10.3. The molecule has 26 heavy (non-hydrogen) atoms. The average molecular weight is 342 g/mol. The fourth-order valence-electron chi connectivity index (χ4n) is 2.03. The first-order chi connectivity index (χ1) is 12.5. The van der Waals surface area contributed by atoms with Crippen molar-refractivity contribution in [3.63, 3.8) is 0 Å². The van der Waals surface area contributed by atoms with E-state index in [1.807, 2.05) is 63.2 Å². The minimum Gasteiger partial charge on any atom is -0.423 e. The summed E-state index contributed by atoms with van der Waals surface area (Å²) in [5.41, 5.74) is 4.53. The quantitative estimate of drug-likeness (QED) is 0.245. The summed E-state index contributed by atoms with van der Waals surface area (Å²) in [6.45, 7) is 9.62. The van der Waals surface area contributed by atoms with Gasteiger partial charge < -0.3 is 4.74 Å². The molecular formula is C24H22O2. The lowest BCUT2D eigenvalue weighted by Gasteiger charge is -2.04. The number of ether oxygens (including phenoxy) is 1. The second kappa shape index (κ2) is 9.25. The molecule has 2 nitrogen and oxygen atoms in total. The second-order valence-electron chi connectivity index (χ2n) is 6.10. The van der Waals surface area contributed by atoms with E-state index in [1.165, 1.54) is 11.6 Å². The topological polar surface area (TPSA) is 26.3 Å². The zero-order chi connectivity index (χ0) is 18.9. The molecule has 0 bridgehead atoms. The number of hydrogen-bond acceptors (Lipinski definition) is 2. The summed E-state index contributed by atoms with van der Waals surface area (Å²) in [5, 5.41) is 0. The fourth-order valence-corrected chi connectivity index (χ4v) is 2.03. The van der Waals surface area contributed by atoms with Crippen LogP contribution in [0.5, 0.6) is 5.75 Å². The zero-order valence-corrected chi connectivity index (χ0v) is 15.4. The van der Waals surface area contributed by atoms with Crippen molar-refractivity contribution >= 4 is 5.97 Å². The van der Waals surface area contributed by atoms with E-state index < -0.39 is 5.97 Å². The molecule has 0 saturated carbocycles. The van der Waals surface area contributed by atoms with Gasteiger partial charge in [0, 0.05) is 11.1 Å². The first-order valence-corrected chi connectivity index (χ1v) is 8.36. The van der Waals surface area contributed by atoms with Crippen LogP contribution in [-0.4, -0.2) is 5.97 Å². The first-order valence-electron chi connectivity index (χ1n) is 8.36. The molecule has 0 aliphatic carbocycles. The summed E-state index contributed by atoms with van der Waals surface area (Å²) in [4.78, 5) is 12.2. The molecule has 0 saturated heterocycles. The minimum absolute atomic E-state index is 0.412. The Balaban J connectivity index is 2.06. The van der Waals surface area contributed by atoms with Gasteiger partial charge in [0.2, 0.25) is 0 Å². The van der Waals surface area contributed by atoms with Crippen molar-refractivity contribution in [2.24, 2.45) is 0 Å². The predicted molar refractivity (Wildman–Crippen MR) is 107 cm³/mol. The predicted octanol–water partition coefficient (Wildman–Crippen LogP) is 5.38. The van der Waals surface area contributed by atoms with Gasteiger partial charge in [0.15, 0.2) is 0 Å². The van der Waals surface area contributed by atoms with Gasteiger partial charge in [0.05, 0.1) is 5.57 Å². The molecule has 0 spiro atoms. The Morgan fingerprint density at radius 1 is 0.923 bits per heavy atom. The van der Waals surface area contributed by atoms with Crippen molar-refractivity contribution in [1.82, 2.24) is 0 Å². The van der Waals surface area contributed by atoms with E-state index >= 15 is 0 Å². The van der Waals surface area contributed by atoms with Gasteiger partial charge in [-0.3, -0.25) is 0 Å². The number of hydrogen-bond donors (Lipinski definition) is 0. The lowest BCUT2D eigenvalue weighted by atomic mass is 10.1.